The van der Waals surface area contributed by atoms with Crippen LogP contribution in [0.2, 0.25) is 0 Å². The molecular formula is C15H20ClN3O4S. The molecule has 0 unspecified atom stereocenters. The molecule has 1 fully saturated rings. The third kappa shape index (κ3) is 2.95. The van der Waals surface area contributed by atoms with E-state index in [2.05, 4.69) is 5.32 Å². The lowest BCUT2D eigenvalue weighted by molar-refractivity contribution is 0.0693. The van der Waals surface area contributed by atoms with E-state index in [0.717, 1.165) is 17.7 Å². The number of rotatable bonds is 3. The van der Waals surface area contributed by atoms with Crippen molar-refractivity contribution in [3.8, 4) is 0 Å². The highest BCUT2D eigenvalue weighted by atomic mass is 35.5. The van der Waals surface area contributed by atoms with Gasteiger partial charge in [0.05, 0.1) is 16.0 Å². The van der Waals surface area contributed by atoms with E-state index in [1.807, 2.05) is 7.05 Å². The van der Waals surface area contributed by atoms with Gasteiger partial charge >= 0.3 is 0 Å². The second-order valence-corrected chi connectivity index (χ2v) is 7.78. The number of halogens is 1. The molecule has 0 spiro atoms. The summed E-state index contributed by atoms with van der Waals surface area (Å²) in [5, 5.41) is 3.16. The Labute approximate surface area is 147 Å². The molecule has 0 bridgehead atoms. The number of fused-ring (bicyclic) bond motifs is 1. The third-order valence-corrected chi connectivity index (χ3v) is 6.46. The van der Waals surface area contributed by atoms with E-state index in [1.54, 1.807) is 0 Å². The smallest absolute Gasteiger partial charge is 0.261 e. The Hall–Kier alpha value is -1.48. The maximum Gasteiger partial charge on any atom is 0.261 e. The van der Waals surface area contributed by atoms with Gasteiger partial charge in [0.15, 0.2) is 0 Å². The molecule has 2 heterocycles. The molecule has 0 saturated carbocycles. The first kappa shape index (κ1) is 18.9. The largest absolute Gasteiger partial charge is 0.317 e. The van der Waals surface area contributed by atoms with Crippen molar-refractivity contribution in [1.82, 2.24) is 14.5 Å². The maximum absolute atomic E-state index is 12.7. The number of hydrogen-bond donors (Lipinski definition) is 1. The van der Waals surface area contributed by atoms with Crippen molar-refractivity contribution >= 4 is 34.2 Å². The highest BCUT2D eigenvalue weighted by Gasteiger charge is 2.35. The standard InChI is InChI=1S/C15H19N3O4S.ClH/c1-16-10-5-7-18(8-6-10)23(21,22)11-3-4-12-13(9-11)15(20)17(2)14(12)19;/h3-4,9-10,16H,5-8H2,1-2H3;1H. The minimum Gasteiger partial charge on any atom is -0.317 e. The van der Waals surface area contributed by atoms with Crippen molar-refractivity contribution in [3.05, 3.63) is 29.3 Å². The lowest BCUT2D eigenvalue weighted by Crippen LogP contribution is -2.43. The summed E-state index contributed by atoms with van der Waals surface area (Å²) in [6.45, 7) is 0.884. The van der Waals surface area contributed by atoms with Crippen molar-refractivity contribution in [2.24, 2.45) is 0 Å². The molecule has 0 atom stereocenters. The number of nitrogens with zero attached hydrogens (tertiary/aromatic N) is 2. The van der Waals surface area contributed by atoms with Crippen LogP contribution in [0.5, 0.6) is 0 Å². The third-order valence-electron chi connectivity index (χ3n) is 4.56. The average molecular weight is 374 g/mol. The number of benzene rings is 1. The summed E-state index contributed by atoms with van der Waals surface area (Å²) in [5.74, 6) is -0.861. The number of sulfonamides is 1. The summed E-state index contributed by atoms with van der Waals surface area (Å²) in [5.41, 5.74) is 0.411. The van der Waals surface area contributed by atoms with E-state index >= 15 is 0 Å². The van der Waals surface area contributed by atoms with E-state index in [0.29, 0.717) is 19.1 Å². The van der Waals surface area contributed by atoms with Gasteiger partial charge in [-0.05, 0) is 38.1 Å². The zero-order chi connectivity index (χ0) is 16.8. The van der Waals surface area contributed by atoms with Gasteiger partial charge in [0.25, 0.3) is 11.8 Å². The van der Waals surface area contributed by atoms with E-state index in [4.69, 9.17) is 0 Å². The Morgan fingerprint density at radius 1 is 1.08 bits per heavy atom. The van der Waals surface area contributed by atoms with Gasteiger partial charge in [-0.2, -0.15) is 4.31 Å². The number of amides is 2. The summed E-state index contributed by atoms with van der Waals surface area (Å²) < 4.78 is 26.9. The van der Waals surface area contributed by atoms with Gasteiger partial charge in [-0.1, -0.05) is 0 Å². The zero-order valence-electron chi connectivity index (χ0n) is 13.5. The molecule has 1 aromatic carbocycles. The lowest BCUT2D eigenvalue weighted by Gasteiger charge is -2.31. The van der Waals surface area contributed by atoms with Gasteiger partial charge in [-0.15, -0.1) is 12.4 Å². The normalized spacial score (nSPS) is 19.3. The molecule has 0 radical (unpaired) electrons. The van der Waals surface area contributed by atoms with Gasteiger partial charge in [-0.3, -0.25) is 14.5 Å². The first-order chi connectivity index (χ1) is 10.9. The van der Waals surface area contributed by atoms with Crippen molar-refractivity contribution in [1.29, 1.82) is 0 Å². The molecule has 1 saturated heterocycles. The number of hydrogen-bond acceptors (Lipinski definition) is 5. The molecule has 1 aromatic rings. The first-order valence-corrected chi connectivity index (χ1v) is 8.94. The summed E-state index contributed by atoms with van der Waals surface area (Å²) in [7, 11) is -0.390. The second kappa shape index (κ2) is 6.79. The molecule has 24 heavy (non-hydrogen) atoms. The average Bonchev–Trinajstić information content (AvgIpc) is 2.79. The quantitative estimate of drug-likeness (QED) is 0.788. The molecule has 132 valence electrons. The molecule has 9 heteroatoms. The predicted molar refractivity (Wildman–Crippen MR) is 91.0 cm³/mol. The molecule has 2 aliphatic heterocycles. The fraction of sp³-hybridized carbons (Fsp3) is 0.467. The Balaban J connectivity index is 0.00000208. The highest BCUT2D eigenvalue weighted by molar-refractivity contribution is 7.89. The van der Waals surface area contributed by atoms with Crippen LogP contribution in [0.25, 0.3) is 0 Å². The van der Waals surface area contributed by atoms with Crippen molar-refractivity contribution in [2.75, 3.05) is 27.2 Å². The Bertz CT molecular complexity index is 773. The highest BCUT2D eigenvalue weighted by Crippen LogP contribution is 2.27. The Morgan fingerprint density at radius 2 is 1.67 bits per heavy atom. The van der Waals surface area contributed by atoms with E-state index < -0.39 is 21.8 Å². The molecule has 2 aliphatic rings. The molecule has 0 aliphatic carbocycles. The van der Waals surface area contributed by atoms with Gasteiger partial charge in [-0.25, -0.2) is 8.42 Å². The predicted octanol–water partition coefficient (Wildman–Crippen LogP) is 0.707. The van der Waals surface area contributed by atoms with Gasteiger partial charge < -0.3 is 5.32 Å². The van der Waals surface area contributed by atoms with Gasteiger partial charge in [0.2, 0.25) is 10.0 Å². The number of carbonyl (C=O) groups excluding carboxylic acids is 2. The number of carbonyl (C=O) groups is 2. The van der Waals surface area contributed by atoms with Crippen LogP contribution in [0.4, 0.5) is 0 Å². The fourth-order valence-electron chi connectivity index (χ4n) is 3.03. The van der Waals surface area contributed by atoms with Crippen LogP contribution in [-0.2, 0) is 10.0 Å². The molecule has 0 aromatic heterocycles. The summed E-state index contributed by atoms with van der Waals surface area (Å²) in [6, 6.07) is 4.47. The van der Waals surface area contributed by atoms with Gasteiger partial charge in [0, 0.05) is 26.2 Å². The lowest BCUT2D eigenvalue weighted by atomic mass is 10.1. The van der Waals surface area contributed by atoms with Crippen LogP contribution < -0.4 is 5.32 Å². The number of imide groups is 1. The molecular weight excluding hydrogens is 354 g/mol. The Morgan fingerprint density at radius 3 is 2.25 bits per heavy atom. The Kier molecular flexibility index (Phi) is 5.34. The second-order valence-electron chi connectivity index (χ2n) is 5.84. The van der Waals surface area contributed by atoms with Crippen LogP contribution >= 0.6 is 12.4 Å². The van der Waals surface area contributed by atoms with Crippen LogP contribution in [0.3, 0.4) is 0 Å². The van der Waals surface area contributed by atoms with Crippen molar-refractivity contribution < 1.29 is 18.0 Å². The first-order valence-electron chi connectivity index (χ1n) is 7.50. The fourth-order valence-corrected chi connectivity index (χ4v) is 4.53. The zero-order valence-corrected chi connectivity index (χ0v) is 15.1. The summed E-state index contributed by atoms with van der Waals surface area (Å²) >= 11 is 0. The van der Waals surface area contributed by atoms with Crippen LogP contribution in [0, 0.1) is 0 Å². The van der Waals surface area contributed by atoms with Crippen molar-refractivity contribution in [3.63, 3.8) is 0 Å². The topological polar surface area (TPSA) is 86.8 Å². The maximum atomic E-state index is 12.7. The SMILES string of the molecule is CNC1CCN(S(=O)(=O)c2ccc3c(c2)C(=O)N(C)C3=O)CC1.Cl. The van der Waals surface area contributed by atoms with E-state index in [-0.39, 0.29) is 28.4 Å². The van der Waals surface area contributed by atoms with Gasteiger partial charge in [0.1, 0.15) is 0 Å². The van der Waals surface area contributed by atoms with Crippen LogP contribution in [-0.4, -0.2) is 62.7 Å². The summed E-state index contributed by atoms with van der Waals surface area (Å²) in [4.78, 5) is 25.0. The minimum absolute atomic E-state index is 0. The van der Waals surface area contributed by atoms with E-state index in [9.17, 15) is 18.0 Å². The monoisotopic (exact) mass is 373 g/mol. The number of nitrogens with one attached hydrogen (secondary N) is 1. The van der Waals surface area contributed by atoms with Crippen LogP contribution in [0.15, 0.2) is 23.1 Å². The minimum atomic E-state index is -3.65. The number of piperidine rings is 1. The summed E-state index contributed by atoms with van der Waals surface area (Å²) in [6.07, 6.45) is 1.50. The molecule has 1 N–H and O–H groups in total. The van der Waals surface area contributed by atoms with E-state index in [1.165, 1.54) is 29.6 Å². The molecule has 2 amide bonds. The van der Waals surface area contributed by atoms with Crippen molar-refractivity contribution in [2.45, 2.75) is 23.8 Å². The van der Waals surface area contributed by atoms with Crippen LogP contribution in [0.1, 0.15) is 33.6 Å². The molecule has 7 nitrogen and oxygen atoms in total. The molecule has 3 rings (SSSR count).